The van der Waals surface area contributed by atoms with Crippen LogP contribution in [0, 0.1) is 3.57 Å². The molecule has 0 aliphatic carbocycles. The van der Waals surface area contributed by atoms with Crippen molar-refractivity contribution in [2.45, 2.75) is 19.1 Å². The molecule has 1 nitrogen and oxygen atoms in total. The summed E-state index contributed by atoms with van der Waals surface area (Å²) in [5.41, 5.74) is 0.488. The van der Waals surface area contributed by atoms with Crippen molar-refractivity contribution in [2.24, 2.45) is 0 Å². The van der Waals surface area contributed by atoms with Gasteiger partial charge < -0.3 is 5.32 Å². The van der Waals surface area contributed by atoms with E-state index in [4.69, 9.17) is 0 Å². The first-order valence-corrected chi connectivity index (χ1v) is 5.06. The second-order valence-electron chi connectivity index (χ2n) is 2.92. The van der Waals surface area contributed by atoms with Gasteiger partial charge in [-0.1, -0.05) is 6.07 Å². The highest BCUT2D eigenvalue weighted by molar-refractivity contribution is 14.1. The summed E-state index contributed by atoms with van der Waals surface area (Å²) in [7, 11) is 0. The Kier molecular flexibility index (Phi) is 3.63. The van der Waals surface area contributed by atoms with Crippen LogP contribution < -0.4 is 5.32 Å². The summed E-state index contributed by atoms with van der Waals surface area (Å²) in [5, 5.41) is 2.39. The van der Waals surface area contributed by atoms with Crippen LogP contribution in [0.1, 0.15) is 6.92 Å². The van der Waals surface area contributed by atoms with Gasteiger partial charge in [0.2, 0.25) is 0 Å². The zero-order valence-corrected chi connectivity index (χ0v) is 9.56. The van der Waals surface area contributed by atoms with Crippen LogP contribution in [-0.2, 0) is 0 Å². The zero-order chi connectivity index (χ0) is 10.8. The van der Waals surface area contributed by atoms with Crippen molar-refractivity contribution in [1.29, 1.82) is 0 Å². The summed E-state index contributed by atoms with van der Waals surface area (Å²) < 4.78 is 37.4. The fraction of sp³-hybridized carbons (Fsp3) is 0.333. The van der Waals surface area contributed by atoms with E-state index in [1.54, 1.807) is 18.2 Å². The molecule has 1 atom stereocenters. The van der Waals surface area contributed by atoms with Crippen LogP contribution in [0.25, 0.3) is 0 Å². The summed E-state index contributed by atoms with van der Waals surface area (Å²) >= 11 is 2.05. The molecule has 0 spiro atoms. The van der Waals surface area contributed by atoms with Crippen LogP contribution in [0.15, 0.2) is 24.3 Å². The molecule has 1 aromatic carbocycles. The van der Waals surface area contributed by atoms with Crippen molar-refractivity contribution in [3.8, 4) is 0 Å². The highest BCUT2D eigenvalue weighted by atomic mass is 127. The van der Waals surface area contributed by atoms with Gasteiger partial charge in [-0.15, -0.1) is 0 Å². The minimum atomic E-state index is -4.21. The number of rotatable bonds is 2. The Morgan fingerprint density at radius 3 is 2.50 bits per heavy atom. The summed E-state index contributed by atoms with van der Waals surface area (Å²) in [5.74, 6) is 0. The smallest absolute Gasteiger partial charge is 0.374 e. The Balaban J connectivity index is 2.70. The molecular weight excluding hydrogens is 306 g/mol. The lowest BCUT2D eigenvalue weighted by atomic mass is 10.2. The summed E-state index contributed by atoms with van der Waals surface area (Å²) in [6, 6.07) is 5.30. The predicted molar refractivity (Wildman–Crippen MR) is 58.3 cm³/mol. The fourth-order valence-electron chi connectivity index (χ4n) is 0.910. The molecule has 14 heavy (non-hydrogen) atoms. The van der Waals surface area contributed by atoms with Gasteiger partial charge in [-0.25, -0.2) is 0 Å². The Bertz CT molecular complexity index is 311. The molecule has 0 fully saturated rings. The second kappa shape index (κ2) is 4.37. The van der Waals surface area contributed by atoms with Crippen molar-refractivity contribution in [2.75, 3.05) is 5.32 Å². The van der Waals surface area contributed by atoms with Crippen molar-refractivity contribution < 1.29 is 13.2 Å². The predicted octanol–water partition coefficient (Wildman–Crippen LogP) is 3.65. The van der Waals surface area contributed by atoms with Gasteiger partial charge in [0.25, 0.3) is 0 Å². The summed E-state index contributed by atoms with van der Waals surface area (Å²) in [6.45, 7) is 1.10. The largest absolute Gasteiger partial charge is 0.408 e. The number of hydrogen-bond donors (Lipinski definition) is 1. The Labute approximate surface area is 93.8 Å². The lowest BCUT2D eigenvalue weighted by Crippen LogP contribution is -2.33. The topological polar surface area (TPSA) is 12.0 Å². The summed E-state index contributed by atoms with van der Waals surface area (Å²) in [4.78, 5) is 0. The van der Waals surface area contributed by atoms with Crippen LogP contribution in [-0.4, -0.2) is 12.2 Å². The van der Waals surface area contributed by atoms with Gasteiger partial charge in [0.05, 0.1) is 0 Å². The van der Waals surface area contributed by atoms with Gasteiger partial charge in [0.1, 0.15) is 6.04 Å². The van der Waals surface area contributed by atoms with Crippen molar-refractivity contribution >= 4 is 28.3 Å². The lowest BCUT2D eigenvalue weighted by molar-refractivity contribution is -0.138. The third-order valence-corrected chi connectivity index (χ3v) is 2.37. The van der Waals surface area contributed by atoms with E-state index in [1.165, 1.54) is 0 Å². The first-order valence-electron chi connectivity index (χ1n) is 3.98. The molecule has 1 rings (SSSR count). The molecule has 78 valence electrons. The number of halogens is 4. The van der Waals surface area contributed by atoms with Gasteiger partial charge >= 0.3 is 6.18 Å². The zero-order valence-electron chi connectivity index (χ0n) is 7.40. The molecule has 0 saturated heterocycles. The standard InChI is InChI=1S/C9H9F3IN/c1-6(9(10,11)12)14-8-4-2-3-7(13)5-8/h2-6,14H,1H3. The Morgan fingerprint density at radius 1 is 1.36 bits per heavy atom. The van der Waals surface area contributed by atoms with E-state index in [2.05, 4.69) is 27.9 Å². The minimum absolute atomic E-state index is 0.488. The minimum Gasteiger partial charge on any atom is -0.374 e. The molecule has 0 saturated carbocycles. The molecule has 0 amide bonds. The van der Waals surface area contributed by atoms with Crippen molar-refractivity contribution in [3.63, 3.8) is 0 Å². The average molecular weight is 315 g/mol. The molecule has 0 aliphatic rings. The molecule has 0 aromatic heterocycles. The molecule has 0 aliphatic heterocycles. The van der Waals surface area contributed by atoms with Crippen molar-refractivity contribution in [3.05, 3.63) is 27.8 Å². The van der Waals surface area contributed by atoms with Gasteiger partial charge in [0.15, 0.2) is 0 Å². The molecule has 1 N–H and O–H groups in total. The van der Waals surface area contributed by atoms with Crippen molar-refractivity contribution in [1.82, 2.24) is 0 Å². The van der Waals surface area contributed by atoms with Gasteiger partial charge in [-0.05, 0) is 47.7 Å². The van der Waals surface area contributed by atoms with Crippen LogP contribution in [0.5, 0.6) is 0 Å². The molecular formula is C9H9F3IN. The number of nitrogens with one attached hydrogen (secondary N) is 1. The van der Waals surface area contributed by atoms with E-state index in [0.29, 0.717) is 5.69 Å². The molecule has 0 radical (unpaired) electrons. The second-order valence-corrected chi connectivity index (χ2v) is 4.16. The maximum atomic E-state index is 12.2. The van der Waals surface area contributed by atoms with E-state index in [1.807, 2.05) is 6.07 Å². The number of benzene rings is 1. The maximum absolute atomic E-state index is 12.2. The van der Waals surface area contributed by atoms with Gasteiger partial charge in [-0.3, -0.25) is 0 Å². The average Bonchev–Trinajstić information content (AvgIpc) is 2.02. The van der Waals surface area contributed by atoms with Crippen LogP contribution in [0.3, 0.4) is 0 Å². The Hall–Kier alpha value is -0.460. The number of hydrogen-bond acceptors (Lipinski definition) is 1. The van der Waals surface area contributed by atoms with E-state index in [9.17, 15) is 13.2 Å². The van der Waals surface area contributed by atoms with E-state index in [-0.39, 0.29) is 0 Å². The molecule has 1 aromatic rings. The van der Waals surface area contributed by atoms with Crippen LogP contribution >= 0.6 is 22.6 Å². The first kappa shape index (κ1) is 11.6. The normalized spacial score (nSPS) is 13.8. The molecule has 1 unspecified atom stereocenters. The van der Waals surface area contributed by atoms with Crippen LogP contribution in [0.2, 0.25) is 0 Å². The Morgan fingerprint density at radius 2 is 2.00 bits per heavy atom. The van der Waals surface area contributed by atoms with Gasteiger partial charge in [0, 0.05) is 9.26 Å². The summed E-state index contributed by atoms with van der Waals surface area (Å²) in [6.07, 6.45) is -4.21. The van der Waals surface area contributed by atoms with E-state index < -0.39 is 12.2 Å². The number of alkyl halides is 3. The van der Waals surface area contributed by atoms with E-state index in [0.717, 1.165) is 10.5 Å². The first-order chi connectivity index (χ1) is 6.39. The van der Waals surface area contributed by atoms with Gasteiger partial charge in [-0.2, -0.15) is 13.2 Å². The number of anilines is 1. The lowest BCUT2D eigenvalue weighted by Gasteiger charge is -2.18. The quantitative estimate of drug-likeness (QED) is 0.822. The molecule has 0 heterocycles. The van der Waals surface area contributed by atoms with Crippen LogP contribution in [0.4, 0.5) is 18.9 Å². The highest BCUT2D eigenvalue weighted by Gasteiger charge is 2.35. The fourth-order valence-corrected chi connectivity index (χ4v) is 1.45. The third kappa shape index (κ3) is 3.36. The van der Waals surface area contributed by atoms with E-state index >= 15 is 0 Å². The third-order valence-electron chi connectivity index (χ3n) is 1.70. The molecule has 5 heteroatoms. The highest BCUT2D eigenvalue weighted by Crippen LogP contribution is 2.23. The monoisotopic (exact) mass is 315 g/mol. The SMILES string of the molecule is CC(Nc1cccc(I)c1)C(F)(F)F. The molecule has 0 bridgehead atoms. The maximum Gasteiger partial charge on any atom is 0.408 e.